The van der Waals surface area contributed by atoms with Gasteiger partial charge >= 0.3 is 0 Å². The molecule has 2 heteroatoms. The Balaban J connectivity index is 0. The Bertz CT molecular complexity index is 66.2. The maximum absolute atomic E-state index is 5.58. The van der Waals surface area contributed by atoms with Crippen LogP contribution in [0.4, 0.5) is 0 Å². The van der Waals surface area contributed by atoms with Gasteiger partial charge in [-0.2, -0.15) is 0 Å². The molecule has 1 heterocycles. The second-order valence-electron chi connectivity index (χ2n) is 3.02. The number of likely N-dealkylation sites (N-methyl/N-ethyl adjacent to an activating group) is 1. The topological polar surface area (TPSA) is 29.3 Å². The summed E-state index contributed by atoms with van der Waals surface area (Å²) in [6.07, 6.45) is 2.43. The summed E-state index contributed by atoms with van der Waals surface area (Å²) in [5.41, 5.74) is 5.58. The Morgan fingerprint density at radius 3 is 1.83 bits per heavy atom. The van der Waals surface area contributed by atoms with Gasteiger partial charge in [0, 0.05) is 12.6 Å². The van der Waals surface area contributed by atoms with Crippen LogP contribution in [-0.4, -0.2) is 31.1 Å². The van der Waals surface area contributed by atoms with Crippen molar-refractivity contribution in [3.8, 4) is 0 Å². The fraction of sp³-hybridized carbons (Fsp3) is 1.00. The first kappa shape index (κ1) is 14.4. The Kier molecular flexibility index (Phi) is 13.1. The fourth-order valence-electron chi connectivity index (χ4n) is 0.969. The van der Waals surface area contributed by atoms with Gasteiger partial charge in [-0.15, -0.1) is 0 Å². The molecule has 1 aliphatic heterocycles. The maximum Gasteiger partial charge on any atom is 0.0179 e. The molecule has 1 unspecified atom stereocenters. The van der Waals surface area contributed by atoms with Gasteiger partial charge in [0.2, 0.25) is 0 Å². The third-order valence-corrected chi connectivity index (χ3v) is 1.43. The van der Waals surface area contributed by atoms with Gasteiger partial charge in [0.1, 0.15) is 0 Å². The van der Waals surface area contributed by atoms with E-state index in [1.807, 2.05) is 13.8 Å². The largest absolute Gasteiger partial charge is 0.326 e. The van der Waals surface area contributed by atoms with E-state index in [0.717, 1.165) is 6.54 Å². The third-order valence-electron chi connectivity index (χ3n) is 1.43. The molecule has 0 saturated carbocycles. The molecule has 0 aromatic carbocycles. The van der Waals surface area contributed by atoms with Gasteiger partial charge in [0.25, 0.3) is 0 Å². The van der Waals surface area contributed by atoms with E-state index in [2.05, 4.69) is 25.8 Å². The van der Waals surface area contributed by atoms with Crippen LogP contribution in [0.25, 0.3) is 0 Å². The number of likely N-dealkylation sites (tertiary alicyclic amines) is 1. The Labute approximate surface area is 78.1 Å². The van der Waals surface area contributed by atoms with Crippen LogP contribution in [0.3, 0.4) is 0 Å². The molecule has 1 fully saturated rings. The molecule has 0 spiro atoms. The maximum atomic E-state index is 5.58. The lowest BCUT2D eigenvalue weighted by Gasteiger charge is -2.03. The summed E-state index contributed by atoms with van der Waals surface area (Å²) in [7, 11) is 2.10. The van der Waals surface area contributed by atoms with Crippen LogP contribution in [0.5, 0.6) is 0 Å². The molecule has 2 N–H and O–H groups in total. The highest BCUT2D eigenvalue weighted by Gasteiger charge is 2.13. The van der Waals surface area contributed by atoms with Crippen molar-refractivity contribution in [3.63, 3.8) is 0 Å². The zero-order valence-corrected chi connectivity index (χ0v) is 9.43. The second-order valence-corrected chi connectivity index (χ2v) is 3.02. The molecule has 0 bridgehead atoms. The average molecular weight is 174 g/mol. The molecule has 0 aromatic heterocycles. The molecule has 0 aromatic rings. The van der Waals surface area contributed by atoms with Crippen molar-refractivity contribution in [2.75, 3.05) is 20.1 Å². The molecule has 1 rings (SSSR count). The van der Waals surface area contributed by atoms with E-state index in [-0.39, 0.29) is 0 Å². The minimum absolute atomic E-state index is 0.449. The van der Waals surface area contributed by atoms with E-state index in [1.54, 1.807) is 0 Å². The highest BCUT2D eigenvalue weighted by atomic mass is 15.1. The Hall–Kier alpha value is -0.0800. The van der Waals surface area contributed by atoms with Gasteiger partial charge in [-0.25, -0.2) is 0 Å². The van der Waals surface area contributed by atoms with Gasteiger partial charge in [-0.3, -0.25) is 0 Å². The molecule has 1 saturated heterocycles. The highest BCUT2D eigenvalue weighted by molar-refractivity contribution is 4.74. The predicted octanol–water partition coefficient (Wildman–Crippen LogP) is 2.09. The van der Waals surface area contributed by atoms with Crippen LogP contribution in [0.2, 0.25) is 0 Å². The summed E-state index contributed by atoms with van der Waals surface area (Å²) in [6, 6.07) is 0.449. The van der Waals surface area contributed by atoms with E-state index >= 15 is 0 Å². The Morgan fingerprint density at radius 2 is 1.75 bits per heavy atom. The van der Waals surface area contributed by atoms with Crippen LogP contribution in [-0.2, 0) is 0 Å². The molecular weight excluding hydrogens is 148 g/mol. The van der Waals surface area contributed by atoms with Crippen molar-refractivity contribution in [2.45, 2.75) is 46.6 Å². The van der Waals surface area contributed by atoms with E-state index in [0.29, 0.717) is 6.04 Å². The predicted molar refractivity (Wildman–Crippen MR) is 57.4 cm³/mol. The second kappa shape index (κ2) is 10.9. The number of rotatable bonds is 0. The zero-order valence-electron chi connectivity index (χ0n) is 9.43. The lowest BCUT2D eigenvalue weighted by atomic mass is 10.3. The van der Waals surface area contributed by atoms with Gasteiger partial charge in [0.05, 0.1) is 0 Å². The molecule has 1 atom stereocenters. The van der Waals surface area contributed by atoms with Crippen LogP contribution < -0.4 is 5.73 Å². The first-order valence-electron chi connectivity index (χ1n) is 5.14. The van der Waals surface area contributed by atoms with Crippen molar-refractivity contribution < 1.29 is 0 Å². The molecule has 0 radical (unpaired) electrons. The third kappa shape index (κ3) is 9.92. The lowest BCUT2D eigenvalue weighted by molar-refractivity contribution is 0.411. The minimum Gasteiger partial charge on any atom is -0.326 e. The quantitative estimate of drug-likeness (QED) is 0.609. The summed E-state index contributed by atoms with van der Waals surface area (Å²) >= 11 is 0. The molecule has 2 nitrogen and oxygen atoms in total. The SMILES string of the molecule is CC.CCC.CN1CCC(N)C1. The van der Waals surface area contributed by atoms with E-state index < -0.39 is 0 Å². The van der Waals surface area contributed by atoms with Crippen LogP contribution in [0, 0.1) is 0 Å². The summed E-state index contributed by atoms with van der Waals surface area (Å²) in [5.74, 6) is 0. The van der Waals surface area contributed by atoms with Crippen LogP contribution in [0.1, 0.15) is 40.5 Å². The summed E-state index contributed by atoms with van der Waals surface area (Å²) in [5, 5.41) is 0. The molecule has 0 aliphatic carbocycles. The van der Waals surface area contributed by atoms with Crippen molar-refractivity contribution >= 4 is 0 Å². The van der Waals surface area contributed by atoms with Gasteiger partial charge in [-0.05, 0) is 20.0 Å². The van der Waals surface area contributed by atoms with E-state index in [4.69, 9.17) is 5.73 Å². The Morgan fingerprint density at radius 1 is 1.33 bits per heavy atom. The van der Waals surface area contributed by atoms with Crippen LogP contribution >= 0.6 is 0 Å². The minimum atomic E-state index is 0.449. The number of nitrogens with zero attached hydrogens (tertiary/aromatic N) is 1. The van der Waals surface area contributed by atoms with E-state index in [9.17, 15) is 0 Å². The molecular formula is C10H26N2. The molecule has 1 aliphatic rings. The molecule has 0 amide bonds. The molecule has 76 valence electrons. The first-order chi connectivity index (χ1) is 5.70. The lowest BCUT2D eigenvalue weighted by Crippen LogP contribution is -2.23. The first-order valence-corrected chi connectivity index (χ1v) is 5.14. The highest BCUT2D eigenvalue weighted by Crippen LogP contribution is 2.01. The molecule has 12 heavy (non-hydrogen) atoms. The van der Waals surface area contributed by atoms with Crippen molar-refractivity contribution in [3.05, 3.63) is 0 Å². The standard InChI is InChI=1S/C5H12N2.C3H8.C2H6/c1-7-3-2-5(6)4-7;1-3-2;1-2/h5H,2-4,6H2,1H3;3H2,1-2H3;1-2H3. The normalized spacial score (nSPS) is 22.0. The average Bonchev–Trinajstić information content (AvgIpc) is 2.40. The van der Waals surface area contributed by atoms with Crippen LogP contribution in [0.15, 0.2) is 0 Å². The smallest absolute Gasteiger partial charge is 0.0179 e. The zero-order chi connectivity index (χ0) is 9.98. The fourth-order valence-corrected chi connectivity index (χ4v) is 0.969. The van der Waals surface area contributed by atoms with Crippen molar-refractivity contribution in [1.82, 2.24) is 4.90 Å². The number of hydrogen-bond donors (Lipinski definition) is 1. The summed E-state index contributed by atoms with van der Waals surface area (Å²) < 4.78 is 0. The monoisotopic (exact) mass is 174 g/mol. The van der Waals surface area contributed by atoms with E-state index in [1.165, 1.54) is 19.4 Å². The van der Waals surface area contributed by atoms with Gasteiger partial charge < -0.3 is 10.6 Å². The summed E-state index contributed by atoms with van der Waals surface area (Å²) in [4.78, 5) is 2.25. The summed E-state index contributed by atoms with van der Waals surface area (Å²) in [6.45, 7) is 10.5. The number of nitrogens with two attached hydrogens (primary N) is 1. The van der Waals surface area contributed by atoms with Crippen molar-refractivity contribution in [2.24, 2.45) is 5.73 Å². The van der Waals surface area contributed by atoms with Crippen molar-refractivity contribution in [1.29, 1.82) is 0 Å². The van der Waals surface area contributed by atoms with Gasteiger partial charge in [-0.1, -0.05) is 34.1 Å². The number of hydrogen-bond acceptors (Lipinski definition) is 2. The van der Waals surface area contributed by atoms with Gasteiger partial charge in [0.15, 0.2) is 0 Å².